The fourth-order valence-electron chi connectivity index (χ4n) is 3.82. The van der Waals surface area contributed by atoms with E-state index < -0.39 is 0 Å². The molecule has 1 heterocycles. The lowest BCUT2D eigenvalue weighted by Crippen LogP contribution is -2.41. The van der Waals surface area contributed by atoms with Crippen LogP contribution in [0.2, 0.25) is 5.02 Å². The summed E-state index contributed by atoms with van der Waals surface area (Å²) in [5.41, 5.74) is 3.47. The maximum absolute atomic E-state index is 13.3. The lowest BCUT2D eigenvalue weighted by atomic mass is 9.87. The number of halogens is 1. The van der Waals surface area contributed by atoms with Crippen molar-refractivity contribution in [2.75, 3.05) is 19.1 Å². The summed E-state index contributed by atoms with van der Waals surface area (Å²) < 4.78 is 10.7. The highest BCUT2D eigenvalue weighted by molar-refractivity contribution is 6.30. The van der Waals surface area contributed by atoms with Crippen molar-refractivity contribution in [1.29, 1.82) is 0 Å². The van der Waals surface area contributed by atoms with Crippen molar-refractivity contribution in [3.63, 3.8) is 0 Å². The minimum atomic E-state index is -0.368. The molecule has 3 aromatic carbocycles. The Morgan fingerprint density at radius 1 is 0.967 bits per heavy atom. The predicted octanol–water partition coefficient (Wildman–Crippen LogP) is 4.29. The second kappa shape index (κ2) is 8.26. The van der Waals surface area contributed by atoms with Gasteiger partial charge < -0.3 is 19.2 Å². The number of methoxy groups -OCH3 is 2. The number of amides is 1. The van der Waals surface area contributed by atoms with Crippen LogP contribution < -0.4 is 25.1 Å². The van der Waals surface area contributed by atoms with Gasteiger partial charge >= 0.3 is 0 Å². The maximum Gasteiger partial charge on any atom is 0.232 e. The Kier molecular flexibility index (Phi) is 5.53. The molecular formula is C23H21ClN2O4. The Balaban J connectivity index is 1.91. The number of rotatable bonds is 5. The summed E-state index contributed by atoms with van der Waals surface area (Å²) in [5.74, 6) is 6.96. The summed E-state index contributed by atoms with van der Waals surface area (Å²) in [6.45, 7) is 0. The fourth-order valence-corrected chi connectivity index (χ4v) is 3.94. The number of hydrogen-bond acceptors (Lipinski definition) is 5. The molecular weight excluding hydrogens is 404 g/mol. The normalized spacial score (nSPS) is 15.5. The summed E-state index contributed by atoms with van der Waals surface area (Å²) in [7, 11) is 3.16. The third kappa shape index (κ3) is 3.56. The lowest BCUT2D eigenvalue weighted by molar-refractivity contribution is -0.118. The van der Waals surface area contributed by atoms with Gasteiger partial charge in [-0.15, -0.1) is 0 Å². The highest BCUT2D eigenvalue weighted by atomic mass is 35.5. The standard InChI is InChI=1S/C23H21ClN2O4/c1-28-18-9-7-17(8-10-18)26-22(27)12-15-11-21(30-25)20(29-2)13-19(15)23(26)14-3-5-16(24)6-4-14/h3-11,13,23H,12,25H2,1-2H3. The van der Waals surface area contributed by atoms with Crippen molar-refractivity contribution in [1.82, 2.24) is 0 Å². The number of nitrogens with two attached hydrogens (primary N) is 1. The number of benzene rings is 3. The van der Waals surface area contributed by atoms with E-state index in [0.717, 1.165) is 28.1 Å². The number of carbonyl (C=O) groups is 1. The second-order valence-electron chi connectivity index (χ2n) is 6.91. The molecule has 0 spiro atoms. The van der Waals surface area contributed by atoms with Crippen LogP contribution in [0.4, 0.5) is 5.69 Å². The summed E-state index contributed by atoms with van der Waals surface area (Å²) in [6, 6.07) is 18.2. The molecule has 7 heteroatoms. The summed E-state index contributed by atoms with van der Waals surface area (Å²) >= 11 is 6.11. The van der Waals surface area contributed by atoms with E-state index in [1.54, 1.807) is 25.2 Å². The Labute approximate surface area is 179 Å². The number of ether oxygens (including phenoxy) is 2. The van der Waals surface area contributed by atoms with Gasteiger partial charge in [0.1, 0.15) is 5.75 Å². The van der Waals surface area contributed by atoms with Crippen molar-refractivity contribution in [2.45, 2.75) is 12.5 Å². The quantitative estimate of drug-likeness (QED) is 0.618. The molecule has 1 amide bonds. The minimum Gasteiger partial charge on any atom is -0.497 e. The van der Waals surface area contributed by atoms with Crippen LogP contribution in [0.25, 0.3) is 0 Å². The maximum atomic E-state index is 13.3. The van der Waals surface area contributed by atoms with Crippen molar-refractivity contribution in [3.05, 3.63) is 82.4 Å². The first-order valence-electron chi connectivity index (χ1n) is 9.34. The van der Waals surface area contributed by atoms with Gasteiger partial charge in [-0.05, 0) is 65.2 Å². The highest BCUT2D eigenvalue weighted by Gasteiger charge is 2.36. The first kappa shape index (κ1) is 20.1. The predicted molar refractivity (Wildman–Crippen MR) is 115 cm³/mol. The molecule has 154 valence electrons. The molecule has 4 rings (SSSR count). The zero-order valence-electron chi connectivity index (χ0n) is 16.6. The fraction of sp³-hybridized carbons (Fsp3) is 0.174. The van der Waals surface area contributed by atoms with E-state index in [1.165, 1.54) is 0 Å². The first-order valence-corrected chi connectivity index (χ1v) is 9.72. The van der Waals surface area contributed by atoms with Gasteiger partial charge in [-0.3, -0.25) is 4.79 Å². The zero-order chi connectivity index (χ0) is 21.3. The molecule has 2 N–H and O–H groups in total. The highest BCUT2D eigenvalue weighted by Crippen LogP contribution is 2.43. The molecule has 1 aliphatic heterocycles. The molecule has 0 radical (unpaired) electrons. The molecule has 0 aromatic heterocycles. The van der Waals surface area contributed by atoms with Gasteiger partial charge in [-0.25, -0.2) is 0 Å². The zero-order valence-corrected chi connectivity index (χ0v) is 17.3. The van der Waals surface area contributed by atoms with E-state index in [-0.39, 0.29) is 18.4 Å². The van der Waals surface area contributed by atoms with E-state index in [4.69, 9.17) is 31.8 Å². The van der Waals surface area contributed by atoms with Crippen LogP contribution in [-0.2, 0) is 11.2 Å². The third-order valence-electron chi connectivity index (χ3n) is 5.25. The Hall–Kier alpha value is -3.22. The summed E-state index contributed by atoms with van der Waals surface area (Å²) in [4.78, 5) is 20.0. The largest absolute Gasteiger partial charge is 0.497 e. The number of nitrogens with zero attached hydrogens (tertiary/aromatic N) is 1. The molecule has 6 nitrogen and oxygen atoms in total. The Morgan fingerprint density at radius 3 is 2.27 bits per heavy atom. The van der Waals surface area contributed by atoms with Crippen LogP contribution in [0.3, 0.4) is 0 Å². The molecule has 30 heavy (non-hydrogen) atoms. The van der Waals surface area contributed by atoms with Crippen molar-refractivity contribution in [2.24, 2.45) is 5.90 Å². The van der Waals surface area contributed by atoms with Gasteiger partial charge in [0.2, 0.25) is 5.91 Å². The molecule has 3 aromatic rings. The number of fused-ring (bicyclic) bond motifs is 1. The average molecular weight is 425 g/mol. The topological polar surface area (TPSA) is 74.0 Å². The Morgan fingerprint density at radius 2 is 1.67 bits per heavy atom. The number of anilines is 1. The second-order valence-corrected chi connectivity index (χ2v) is 7.35. The molecule has 0 saturated carbocycles. The van der Waals surface area contributed by atoms with Crippen LogP contribution >= 0.6 is 11.6 Å². The molecule has 1 unspecified atom stereocenters. The average Bonchev–Trinajstić information content (AvgIpc) is 2.78. The third-order valence-corrected chi connectivity index (χ3v) is 5.50. The van der Waals surface area contributed by atoms with E-state index in [0.29, 0.717) is 16.5 Å². The Bertz CT molecular complexity index is 1070. The number of hydrogen-bond donors (Lipinski definition) is 1. The van der Waals surface area contributed by atoms with E-state index >= 15 is 0 Å². The molecule has 1 atom stereocenters. The smallest absolute Gasteiger partial charge is 0.232 e. The van der Waals surface area contributed by atoms with Crippen molar-refractivity contribution < 1.29 is 19.1 Å². The molecule has 0 fully saturated rings. The molecule has 1 aliphatic rings. The monoisotopic (exact) mass is 424 g/mol. The van der Waals surface area contributed by atoms with Gasteiger partial charge in [-0.1, -0.05) is 23.7 Å². The van der Waals surface area contributed by atoms with Gasteiger partial charge in [0.05, 0.1) is 26.7 Å². The van der Waals surface area contributed by atoms with Crippen LogP contribution in [0.5, 0.6) is 17.2 Å². The van der Waals surface area contributed by atoms with Crippen molar-refractivity contribution >= 4 is 23.2 Å². The minimum absolute atomic E-state index is 0.0410. The van der Waals surface area contributed by atoms with Gasteiger partial charge in [-0.2, -0.15) is 5.90 Å². The SMILES string of the molecule is COc1ccc(N2C(=O)Cc3cc(ON)c(OC)cc3C2c2ccc(Cl)cc2)cc1. The summed E-state index contributed by atoms with van der Waals surface area (Å²) in [5, 5.41) is 0.626. The molecule has 0 aliphatic carbocycles. The van der Waals surface area contributed by atoms with Crippen molar-refractivity contribution in [3.8, 4) is 17.2 Å². The summed E-state index contributed by atoms with van der Waals surface area (Å²) in [6.07, 6.45) is 0.214. The van der Waals surface area contributed by atoms with Crippen LogP contribution in [-0.4, -0.2) is 20.1 Å². The van der Waals surface area contributed by atoms with Crippen LogP contribution in [0.15, 0.2) is 60.7 Å². The van der Waals surface area contributed by atoms with Gasteiger partial charge in [0.15, 0.2) is 11.5 Å². The number of carbonyl (C=O) groups excluding carboxylic acids is 1. The lowest BCUT2D eigenvalue weighted by Gasteiger charge is -2.38. The first-order chi connectivity index (χ1) is 14.5. The van der Waals surface area contributed by atoms with Gasteiger partial charge in [0, 0.05) is 10.7 Å². The van der Waals surface area contributed by atoms with E-state index in [9.17, 15) is 4.79 Å². The van der Waals surface area contributed by atoms with Gasteiger partial charge in [0.25, 0.3) is 0 Å². The van der Waals surface area contributed by atoms with E-state index in [1.807, 2.05) is 54.6 Å². The van der Waals surface area contributed by atoms with Crippen LogP contribution in [0, 0.1) is 0 Å². The van der Waals surface area contributed by atoms with E-state index in [2.05, 4.69) is 0 Å². The van der Waals surface area contributed by atoms with Crippen LogP contribution in [0.1, 0.15) is 22.7 Å². The molecule has 0 bridgehead atoms. The molecule has 0 saturated heterocycles.